The van der Waals surface area contributed by atoms with E-state index in [1.54, 1.807) is 39.2 Å². The third-order valence-corrected chi connectivity index (χ3v) is 7.23. The monoisotopic (exact) mass is 457 g/mol. The Balaban J connectivity index is 2.44. The van der Waals surface area contributed by atoms with Gasteiger partial charge in [-0.25, -0.2) is 8.42 Å². The maximum Gasteiger partial charge on any atom is 0.256 e. The molecule has 1 aromatic carbocycles. The molecule has 0 aliphatic carbocycles. The smallest absolute Gasteiger partial charge is 0.256 e. The highest BCUT2D eigenvalue weighted by atomic mass is 32.2. The number of nitrogens with one attached hydrogen (secondary N) is 1. The lowest BCUT2D eigenvalue weighted by atomic mass is 10.0. The maximum atomic E-state index is 13.6. The summed E-state index contributed by atoms with van der Waals surface area (Å²) < 4.78 is 41.9. The van der Waals surface area contributed by atoms with Crippen LogP contribution in [0.1, 0.15) is 37.0 Å². The number of hydrogen-bond acceptors (Lipinski definition) is 8. The molecule has 1 saturated heterocycles. The molecule has 1 heterocycles. The van der Waals surface area contributed by atoms with Crippen LogP contribution in [0.3, 0.4) is 0 Å². The first-order chi connectivity index (χ1) is 14.6. The van der Waals surface area contributed by atoms with Crippen molar-refractivity contribution in [1.82, 2.24) is 10.2 Å². The first-order valence-corrected chi connectivity index (χ1v) is 12.3. The zero-order chi connectivity index (χ0) is 23.2. The zero-order valence-electron chi connectivity index (χ0n) is 19.0. The number of benzene rings is 1. The van der Waals surface area contributed by atoms with Gasteiger partial charge in [-0.1, -0.05) is 0 Å². The summed E-state index contributed by atoms with van der Waals surface area (Å²) in [6.45, 7) is 5.53. The SMILES string of the molecule is COCCCOc1cc(C(=O)N(C(C)C)C(N)([C@@H]2CCNC2)S(C)(=O)=O)ccc1OC. The molecule has 1 aliphatic heterocycles. The lowest BCUT2D eigenvalue weighted by Crippen LogP contribution is -2.69. The highest BCUT2D eigenvalue weighted by Crippen LogP contribution is 2.35. The fourth-order valence-electron chi connectivity index (χ4n) is 3.93. The molecule has 0 aromatic heterocycles. The van der Waals surface area contributed by atoms with Crippen molar-refractivity contribution in [2.24, 2.45) is 11.7 Å². The Bertz CT molecular complexity index is 855. The Kier molecular flexibility index (Phi) is 8.70. The molecule has 2 atom stereocenters. The molecule has 176 valence electrons. The van der Waals surface area contributed by atoms with Crippen LogP contribution < -0.4 is 20.5 Å². The van der Waals surface area contributed by atoms with Gasteiger partial charge < -0.3 is 24.4 Å². The van der Waals surface area contributed by atoms with Crippen molar-refractivity contribution in [1.29, 1.82) is 0 Å². The van der Waals surface area contributed by atoms with Crippen molar-refractivity contribution in [3.05, 3.63) is 23.8 Å². The van der Waals surface area contributed by atoms with Gasteiger partial charge in [0.15, 0.2) is 26.3 Å². The van der Waals surface area contributed by atoms with Crippen LogP contribution in [0.5, 0.6) is 11.5 Å². The van der Waals surface area contributed by atoms with Crippen molar-refractivity contribution in [2.75, 3.05) is 46.8 Å². The van der Waals surface area contributed by atoms with Gasteiger partial charge in [-0.3, -0.25) is 10.5 Å². The van der Waals surface area contributed by atoms with E-state index in [-0.39, 0.29) is 5.56 Å². The largest absolute Gasteiger partial charge is 0.493 e. The summed E-state index contributed by atoms with van der Waals surface area (Å²) in [7, 11) is -0.689. The molecular formula is C21H35N3O6S. The van der Waals surface area contributed by atoms with Crippen LogP contribution in [-0.4, -0.2) is 77.0 Å². The van der Waals surface area contributed by atoms with Crippen LogP contribution in [0.25, 0.3) is 0 Å². The number of nitrogens with two attached hydrogens (primary N) is 1. The molecule has 1 aromatic rings. The maximum absolute atomic E-state index is 13.6. The second-order valence-electron chi connectivity index (χ2n) is 8.04. The van der Waals surface area contributed by atoms with Gasteiger partial charge in [0.1, 0.15) is 0 Å². The van der Waals surface area contributed by atoms with Gasteiger partial charge in [-0.05, 0) is 45.0 Å². The Labute approximate surface area is 185 Å². The van der Waals surface area contributed by atoms with E-state index in [1.807, 2.05) is 0 Å². The average Bonchev–Trinajstić information content (AvgIpc) is 3.25. The molecule has 2 rings (SSSR count). The number of methoxy groups -OCH3 is 2. The normalized spacial score (nSPS) is 18.6. The molecular weight excluding hydrogens is 422 g/mol. The Morgan fingerprint density at radius 1 is 1.29 bits per heavy atom. The minimum absolute atomic E-state index is 0.278. The van der Waals surface area contributed by atoms with Crippen LogP contribution in [0, 0.1) is 5.92 Å². The fourth-order valence-corrected chi connectivity index (χ4v) is 5.39. The van der Waals surface area contributed by atoms with Crippen molar-refractivity contribution in [3.63, 3.8) is 0 Å². The lowest BCUT2D eigenvalue weighted by molar-refractivity contribution is 0.0440. The summed E-state index contributed by atoms with van der Waals surface area (Å²) in [5.74, 6) is -0.0130. The topological polar surface area (TPSA) is 120 Å². The van der Waals surface area contributed by atoms with E-state index in [9.17, 15) is 13.2 Å². The first kappa shape index (κ1) is 25.4. The Morgan fingerprint density at radius 3 is 2.52 bits per heavy atom. The number of amides is 1. The quantitative estimate of drug-likeness (QED) is 0.376. The Morgan fingerprint density at radius 2 is 2.00 bits per heavy atom. The van der Waals surface area contributed by atoms with Gasteiger partial charge in [0.2, 0.25) is 0 Å². The van der Waals surface area contributed by atoms with E-state index in [0.717, 1.165) is 6.26 Å². The van der Waals surface area contributed by atoms with E-state index in [1.165, 1.54) is 12.0 Å². The second kappa shape index (κ2) is 10.6. The number of rotatable bonds is 11. The van der Waals surface area contributed by atoms with Crippen LogP contribution in [0.15, 0.2) is 18.2 Å². The minimum atomic E-state index is -3.82. The van der Waals surface area contributed by atoms with Gasteiger partial charge in [0.25, 0.3) is 5.91 Å². The molecule has 1 unspecified atom stereocenters. The third-order valence-electron chi connectivity index (χ3n) is 5.51. The van der Waals surface area contributed by atoms with Crippen molar-refractivity contribution < 1.29 is 27.4 Å². The highest BCUT2D eigenvalue weighted by molar-refractivity contribution is 7.92. The van der Waals surface area contributed by atoms with Gasteiger partial charge in [0, 0.05) is 50.5 Å². The highest BCUT2D eigenvalue weighted by Gasteiger charge is 2.53. The predicted molar refractivity (Wildman–Crippen MR) is 119 cm³/mol. The van der Waals surface area contributed by atoms with Crippen molar-refractivity contribution in [3.8, 4) is 11.5 Å². The van der Waals surface area contributed by atoms with Crippen molar-refractivity contribution >= 4 is 15.7 Å². The van der Waals surface area contributed by atoms with Crippen LogP contribution in [0.4, 0.5) is 0 Å². The number of hydrogen-bond donors (Lipinski definition) is 2. The molecule has 1 aliphatic rings. The standard InChI is InChI=1S/C21H35N3O6S/c1-15(2)24(21(22,31(5,26)27)17-9-10-23-14-17)20(25)16-7-8-18(29-4)19(13-16)30-12-6-11-28-3/h7-8,13,15,17,23H,6,9-12,14,22H2,1-5H3/t17-,21?/m1/s1. The van der Waals surface area contributed by atoms with Crippen LogP contribution >= 0.6 is 0 Å². The summed E-state index contributed by atoms with van der Waals surface area (Å²) in [5.41, 5.74) is 6.86. The predicted octanol–water partition coefficient (Wildman–Crippen LogP) is 1.23. The van der Waals surface area contributed by atoms with Gasteiger partial charge in [0.05, 0.1) is 13.7 Å². The summed E-state index contributed by atoms with van der Waals surface area (Å²) in [6.07, 6.45) is 2.33. The molecule has 1 amide bonds. The molecule has 0 spiro atoms. The number of carbonyl (C=O) groups is 1. The molecule has 0 saturated carbocycles. The van der Waals surface area contributed by atoms with E-state index >= 15 is 0 Å². The number of ether oxygens (including phenoxy) is 3. The van der Waals surface area contributed by atoms with Gasteiger partial charge in [-0.15, -0.1) is 0 Å². The summed E-state index contributed by atoms with van der Waals surface area (Å²) in [6, 6.07) is 4.35. The molecule has 31 heavy (non-hydrogen) atoms. The van der Waals surface area contributed by atoms with E-state index in [4.69, 9.17) is 19.9 Å². The minimum Gasteiger partial charge on any atom is -0.493 e. The molecule has 9 nitrogen and oxygen atoms in total. The molecule has 3 N–H and O–H groups in total. The number of sulfone groups is 1. The van der Waals surface area contributed by atoms with E-state index < -0.39 is 32.7 Å². The fraction of sp³-hybridized carbons (Fsp3) is 0.667. The zero-order valence-corrected chi connectivity index (χ0v) is 19.8. The van der Waals surface area contributed by atoms with Crippen LogP contribution in [0.2, 0.25) is 0 Å². The molecule has 0 radical (unpaired) electrons. The average molecular weight is 458 g/mol. The molecule has 10 heteroatoms. The molecule has 1 fully saturated rings. The second-order valence-corrected chi connectivity index (χ2v) is 10.2. The van der Waals surface area contributed by atoms with Crippen LogP contribution in [-0.2, 0) is 14.6 Å². The number of nitrogens with zero attached hydrogens (tertiary/aromatic N) is 1. The van der Waals surface area contributed by atoms with Gasteiger partial charge in [-0.2, -0.15) is 0 Å². The summed E-state index contributed by atoms with van der Waals surface area (Å²) >= 11 is 0. The lowest BCUT2D eigenvalue weighted by Gasteiger charge is -2.45. The molecule has 0 bridgehead atoms. The van der Waals surface area contributed by atoms with E-state index in [0.29, 0.717) is 50.6 Å². The Hall–Kier alpha value is -1.88. The van der Waals surface area contributed by atoms with Crippen molar-refractivity contribution in [2.45, 2.75) is 37.7 Å². The summed E-state index contributed by atoms with van der Waals surface area (Å²) in [4.78, 5) is 13.1. The third kappa shape index (κ3) is 5.49. The van der Waals surface area contributed by atoms with Gasteiger partial charge >= 0.3 is 0 Å². The first-order valence-electron chi connectivity index (χ1n) is 10.4. The van der Waals surface area contributed by atoms with E-state index in [2.05, 4.69) is 5.32 Å². The summed E-state index contributed by atoms with van der Waals surface area (Å²) in [5, 5.41) is 3.15. The number of carbonyl (C=O) groups excluding carboxylic acids is 1.